The number of para-hydroxylation sites is 1. The van der Waals surface area contributed by atoms with Crippen LogP contribution < -0.4 is 16.0 Å². The van der Waals surface area contributed by atoms with Crippen LogP contribution in [-0.4, -0.2) is 31.1 Å². The molecule has 0 bridgehead atoms. The van der Waals surface area contributed by atoms with Crippen LogP contribution in [0.1, 0.15) is 31.2 Å². The van der Waals surface area contributed by atoms with E-state index in [0.29, 0.717) is 12.5 Å². The normalized spacial score (nSPS) is 24.8. The Morgan fingerprint density at radius 1 is 1.35 bits per heavy atom. The second-order valence-corrected chi connectivity index (χ2v) is 5.95. The van der Waals surface area contributed by atoms with Crippen molar-refractivity contribution in [3.63, 3.8) is 0 Å². The Morgan fingerprint density at radius 3 is 3.00 bits per heavy atom. The first-order chi connectivity index (χ1) is 9.72. The van der Waals surface area contributed by atoms with Crippen molar-refractivity contribution < 1.29 is 4.79 Å². The maximum Gasteiger partial charge on any atom is 0.221 e. The molecule has 0 spiro atoms. The number of carbonyl (C=O) groups excluding carboxylic acids is 1. The fraction of sp³-hybridized carbons (Fsp3) is 0.562. The van der Waals surface area contributed by atoms with Crippen molar-refractivity contribution in [3.8, 4) is 0 Å². The second kappa shape index (κ2) is 5.83. The standard InChI is InChI=1S/C16H23N3O/c17-13-5-6-14(11-13)18-16(20)8-10-19-9-7-12-3-1-2-4-15(12)19/h1-4,13-14H,5-11,17H2,(H,18,20)/t13-,14-/m0/s1. The Morgan fingerprint density at radius 2 is 2.20 bits per heavy atom. The number of hydrogen-bond acceptors (Lipinski definition) is 3. The van der Waals surface area contributed by atoms with Gasteiger partial charge in [0, 0.05) is 37.3 Å². The smallest absolute Gasteiger partial charge is 0.221 e. The van der Waals surface area contributed by atoms with Crippen molar-refractivity contribution in [1.29, 1.82) is 0 Å². The van der Waals surface area contributed by atoms with Gasteiger partial charge in [0.15, 0.2) is 0 Å². The Labute approximate surface area is 120 Å². The average molecular weight is 273 g/mol. The molecule has 1 aromatic carbocycles. The summed E-state index contributed by atoms with van der Waals surface area (Å²) in [6.07, 6.45) is 4.65. The maximum atomic E-state index is 12.0. The van der Waals surface area contributed by atoms with Gasteiger partial charge in [-0.25, -0.2) is 0 Å². The van der Waals surface area contributed by atoms with Gasteiger partial charge in [0.25, 0.3) is 0 Å². The second-order valence-electron chi connectivity index (χ2n) is 5.95. The summed E-state index contributed by atoms with van der Waals surface area (Å²) in [5.41, 5.74) is 8.56. The molecule has 2 atom stereocenters. The van der Waals surface area contributed by atoms with Gasteiger partial charge < -0.3 is 16.0 Å². The molecule has 0 saturated heterocycles. The van der Waals surface area contributed by atoms with Crippen molar-refractivity contribution in [2.45, 2.75) is 44.2 Å². The van der Waals surface area contributed by atoms with E-state index in [0.717, 1.165) is 38.8 Å². The fourth-order valence-electron chi connectivity index (χ4n) is 3.32. The molecule has 1 aliphatic heterocycles. The van der Waals surface area contributed by atoms with E-state index in [9.17, 15) is 4.79 Å². The predicted octanol–water partition coefficient (Wildman–Crippen LogP) is 1.44. The summed E-state index contributed by atoms with van der Waals surface area (Å²) in [5.74, 6) is 0.161. The van der Waals surface area contributed by atoms with Crippen molar-refractivity contribution in [2.24, 2.45) is 5.73 Å². The lowest BCUT2D eigenvalue weighted by Gasteiger charge is -2.20. The van der Waals surface area contributed by atoms with Crippen molar-refractivity contribution in [3.05, 3.63) is 29.8 Å². The number of amides is 1. The number of nitrogens with zero attached hydrogens (tertiary/aromatic N) is 1. The summed E-state index contributed by atoms with van der Waals surface area (Å²) < 4.78 is 0. The first kappa shape index (κ1) is 13.4. The number of anilines is 1. The molecule has 3 rings (SSSR count). The van der Waals surface area contributed by atoms with E-state index in [1.807, 2.05) is 0 Å². The molecule has 3 N–H and O–H groups in total. The third-order valence-electron chi connectivity index (χ3n) is 4.43. The molecule has 108 valence electrons. The molecule has 0 unspecified atom stereocenters. The van der Waals surface area contributed by atoms with E-state index >= 15 is 0 Å². The molecule has 1 aliphatic carbocycles. The highest BCUT2D eigenvalue weighted by Crippen LogP contribution is 2.27. The maximum absolute atomic E-state index is 12.0. The van der Waals surface area contributed by atoms with Gasteiger partial charge in [-0.1, -0.05) is 18.2 Å². The van der Waals surface area contributed by atoms with Crippen LogP contribution in [-0.2, 0) is 11.2 Å². The van der Waals surface area contributed by atoms with Gasteiger partial charge in [-0.05, 0) is 37.3 Å². The van der Waals surface area contributed by atoms with Crippen LogP contribution in [0.4, 0.5) is 5.69 Å². The van der Waals surface area contributed by atoms with E-state index in [2.05, 4.69) is 34.5 Å². The van der Waals surface area contributed by atoms with Crippen LogP contribution >= 0.6 is 0 Å². The monoisotopic (exact) mass is 273 g/mol. The van der Waals surface area contributed by atoms with Crippen molar-refractivity contribution in [1.82, 2.24) is 5.32 Å². The number of fused-ring (bicyclic) bond motifs is 1. The van der Waals surface area contributed by atoms with E-state index in [1.165, 1.54) is 11.3 Å². The molecule has 0 aromatic heterocycles. The minimum atomic E-state index is 0.161. The Balaban J connectivity index is 1.47. The van der Waals surface area contributed by atoms with Crippen LogP contribution in [0.2, 0.25) is 0 Å². The zero-order valence-electron chi connectivity index (χ0n) is 11.8. The molecular formula is C16H23N3O. The summed E-state index contributed by atoms with van der Waals surface area (Å²) in [6.45, 7) is 1.84. The first-order valence-corrected chi connectivity index (χ1v) is 7.60. The number of carbonyl (C=O) groups is 1. The van der Waals surface area contributed by atoms with Gasteiger partial charge in [0.05, 0.1) is 0 Å². The van der Waals surface area contributed by atoms with Gasteiger partial charge in [-0.2, -0.15) is 0 Å². The van der Waals surface area contributed by atoms with Crippen LogP contribution in [0.3, 0.4) is 0 Å². The molecular weight excluding hydrogens is 250 g/mol. The summed E-state index contributed by atoms with van der Waals surface area (Å²) in [5, 5.41) is 3.11. The zero-order valence-corrected chi connectivity index (χ0v) is 11.8. The van der Waals surface area contributed by atoms with Gasteiger partial charge in [0.1, 0.15) is 0 Å². The third-order valence-corrected chi connectivity index (χ3v) is 4.43. The molecule has 1 amide bonds. The summed E-state index contributed by atoms with van der Waals surface area (Å²) in [7, 11) is 0. The summed E-state index contributed by atoms with van der Waals surface area (Å²) in [6, 6.07) is 9.04. The molecule has 1 heterocycles. The van der Waals surface area contributed by atoms with E-state index < -0.39 is 0 Å². The first-order valence-electron chi connectivity index (χ1n) is 7.60. The Hall–Kier alpha value is -1.55. The topological polar surface area (TPSA) is 58.4 Å². The summed E-state index contributed by atoms with van der Waals surface area (Å²) >= 11 is 0. The highest BCUT2D eigenvalue weighted by Gasteiger charge is 2.24. The van der Waals surface area contributed by atoms with Gasteiger partial charge in [-0.15, -0.1) is 0 Å². The van der Waals surface area contributed by atoms with Gasteiger partial charge in [0.2, 0.25) is 5.91 Å². The van der Waals surface area contributed by atoms with Crippen LogP contribution in [0, 0.1) is 0 Å². The molecule has 0 radical (unpaired) electrons. The molecule has 1 fully saturated rings. The van der Waals surface area contributed by atoms with Gasteiger partial charge >= 0.3 is 0 Å². The third kappa shape index (κ3) is 2.96. The minimum Gasteiger partial charge on any atom is -0.370 e. The van der Waals surface area contributed by atoms with Crippen LogP contribution in [0.5, 0.6) is 0 Å². The lowest BCUT2D eigenvalue weighted by molar-refractivity contribution is -0.121. The number of rotatable bonds is 4. The largest absolute Gasteiger partial charge is 0.370 e. The van der Waals surface area contributed by atoms with Crippen molar-refractivity contribution in [2.75, 3.05) is 18.0 Å². The highest BCUT2D eigenvalue weighted by atomic mass is 16.1. The Bertz CT molecular complexity index is 488. The molecule has 20 heavy (non-hydrogen) atoms. The molecule has 1 saturated carbocycles. The fourth-order valence-corrected chi connectivity index (χ4v) is 3.32. The molecule has 4 nitrogen and oxygen atoms in total. The predicted molar refractivity (Wildman–Crippen MR) is 80.7 cm³/mol. The van der Waals surface area contributed by atoms with Crippen molar-refractivity contribution >= 4 is 11.6 Å². The summed E-state index contributed by atoms with van der Waals surface area (Å²) in [4.78, 5) is 14.3. The van der Waals surface area contributed by atoms with E-state index in [-0.39, 0.29) is 11.9 Å². The Kier molecular flexibility index (Phi) is 3.92. The SMILES string of the molecule is N[C@H]1CC[C@H](NC(=O)CCN2CCc3ccccc32)C1. The molecule has 2 aliphatic rings. The van der Waals surface area contributed by atoms with E-state index in [4.69, 9.17) is 5.73 Å². The van der Waals surface area contributed by atoms with Crippen LogP contribution in [0.15, 0.2) is 24.3 Å². The number of hydrogen-bond donors (Lipinski definition) is 2. The molecule has 4 heteroatoms. The highest BCUT2D eigenvalue weighted by molar-refractivity contribution is 5.77. The molecule has 1 aromatic rings. The number of benzene rings is 1. The zero-order chi connectivity index (χ0) is 13.9. The minimum absolute atomic E-state index is 0.161. The lowest BCUT2D eigenvalue weighted by atomic mass is 10.2. The van der Waals surface area contributed by atoms with Gasteiger partial charge in [-0.3, -0.25) is 4.79 Å². The number of nitrogens with two attached hydrogens (primary N) is 1. The average Bonchev–Trinajstić information content (AvgIpc) is 3.03. The quantitative estimate of drug-likeness (QED) is 0.872. The lowest BCUT2D eigenvalue weighted by Crippen LogP contribution is -2.36. The van der Waals surface area contributed by atoms with E-state index in [1.54, 1.807) is 0 Å². The number of nitrogens with one attached hydrogen (secondary N) is 1. The van der Waals surface area contributed by atoms with Crippen LogP contribution in [0.25, 0.3) is 0 Å².